The molecule has 0 bridgehead atoms. The molecule has 1 saturated heterocycles. The van der Waals surface area contributed by atoms with Crippen LogP contribution in [0.25, 0.3) is 0 Å². The molecule has 2 amide bonds. The molecule has 1 aliphatic heterocycles. The highest BCUT2D eigenvalue weighted by atomic mass is 16.6. The Morgan fingerprint density at radius 2 is 1.86 bits per heavy atom. The first-order valence-corrected chi connectivity index (χ1v) is 9.59. The number of likely N-dealkylation sites (tertiary alicyclic amines) is 1. The maximum absolute atomic E-state index is 12.8. The summed E-state index contributed by atoms with van der Waals surface area (Å²) in [4.78, 5) is 38.9. The van der Waals surface area contributed by atoms with E-state index in [2.05, 4.69) is 5.32 Å². The lowest BCUT2D eigenvalue weighted by molar-refractivity contribution is -0.157. The number of nitrogens with zero attached hydrogens (tertiary/aromatic N) is 1. The third-order valence-electron chi connectivity index (χ3n) is 4.36. The highest BCUT2D eigenvalue weighted by Crippen LogP contribution is 2.22. The molecule has 0 saturated carbocycles. The van der Waals surface area contributed by atoms with Gasteiger partial charge in [-0.15, -0.1) is 0 Å². The van der Waals surface area contributed by atoms with Crippen LogP contribution in [0.2, 0.25) is 0 Å². The molecule has 1 heterocycles. The Balaban J connectivity index is 1.98. The van der Waals surface area contributed by atoms with E-state index in [4.69, 9.17) is 9.47 Å². The summed E-state index contributed by atoms with van der Waals surface area (Å²) in [6.45, 7) is 9.55. The molecule has 1 aromatic carbocycles. The van der Waals surface area contributed by atoms with Gasteiger partial charge >= 0.3 is 12.1 Å². The number of hydrogen-bond donors (Lipinski definition) is 1. The van der Waals surface area contributed by atoms with Gasteiger partial charge in [0.1, 0.15) is 24.3 Å². The van der Waals surface area contributed by atoms with Crippen molar-refractivity contribution in [2.75, 3.05) is 6.54 Å². The number of rotatable bonds is 6. The minimum absolute atomic E-state index is 0.118. The highest BCUT2D eigenvalue weighted by Gasteiger charge is 2.42. The molecular formula is C21H30N2O5. The molecule has 28 heavy (non-hydrogen) atoms. The topological polar surface area (TPSA) is 84.9 Å². The van der Waals surface area contributed by atoms with Crippen molar-refractivity contribution >= 4 is 18.0 Å². The number of nitrogens with one attached hydrogen (secondary N) is 1. The first kappa shape index (κ1) is 21.7. The second-order valence-corrected chi connectivity index (χ2v) is 8.30. The van der Waals surface area contributed by atoms with Crippen LogP contribution < -0.4 is 5.32 Å². The summed E-state index contributed by atoms with van der Waals surface area (Å²) in [5, 5.41) is 2.60. The van der Waals surface area contributed by atoms with Crippen molar-refractivity contribution in [3.63, 3.8) is 0 Å². The molecular weight excluding hydrogens is 360 g/mol. The Bertz CT molecular complexity index is 696. The van der Waals surface area contributed by atoms with Crippen LogP contribution >= 0.6 is 0 Å². The largest absolute Gasteiger partial charge is 0.459 e. The Kier molecular flexibility index (Phi) is 7.05. The van der Waals surface area contributed by atoms with Crippen LogP contribution in [-0.2, 0) is 25.7 Å². The van der Waals surface area contributed by atoms with Gasteiger partial charge in [-0.2, -0.15) is 0 Å². The van der Waals surface area contributed by atoms with Gasteiger partial charge in [0, 0.05) is 6.54 Å². The van der Waals surface area contributed by atoms with Crippen molar-refractivity contribution in [1.82, 2.24) is 10.2 Å². The number of esters is 1. The van der Waals surface area contributed by atoms with E-state index < -0.39 is 29.7 Å². The van der Waals surface area contributed by atoms with Gasteiger partial charge in [-0.25, -0.2) is 9.59 Å². The molecule has 0 unspecified atom stereocenters. The molecule has 1 fully saturated rings. The lowest BCUT2D eigenvalue weighted by Crippen LogP contribution is -2.50. The van der Waals surface area contributed by atoms with Crippen LogP contribution in [-0.4, -0.2) is 47.1 Å². The number of hydrogen-bond acceptors (Lipinski definition) is 5. The van der Waals surface area contributed by atoms with Crippen LogP contribution in [0.5, 0.6) is 0 Å². The van der Waals surface area contributed by atoms with Gasteiger partial charge in [0.05, 0.1) is 0 Å². The van der Waals surface area contributed by atoms with Crippen molar-refractivity contribution in [3.05, 3.63) is 35.9 Å². The van der Waals surface area contributed by atoms with Crippen molar-refractivity contribution in [2.45, 2.75) is 65.3 Å². The predicted molar refractivity (Wildman–Crippen MR) is 104 cm³/mol. The lowest BCUT2D eigenvalue weighted by Gasteiger charge is -2.29. The molecule has 7 nitrogen and oxygen atoms in total. The van der Waals surface area contributed by atoms with Gasteiger partial charge in [0.15, 0.2) is 0 Å². The maximum Gasteiger partial charge on any atom is 0.408 e. The minimum atomic E-state index is -0.696. The second-order valence-electron chi connectivity index (χ2n) is 8.30. The van der Waals surface area contributed by atoms with E-state index in [1.807, 2.05) is 44.2 Å². The van der Waals surface area contributed by atoms with E-state index in [1.165, 1.54) is 4.90 Å². The number of ether oxygens (including phenoxy) is 2. The third-order valence-corrected chi connectivity index (χ3v) is 4.36. The Morgan fingerprint density at radius 3 is 2.43 bits per heavy atom. The Morgan fingerprint density at radius 1 is 1.21 bits per heavy atom. The standard InChI is InChI=1S/C21H30N2O5/c1-14(2)17(19(25)27-13-15-9-7-6-8-10-15)23-12-11-16(18(23)24)22-20(26)28-21(3,4)5/h6-10,14,16-17H,11-13H2,1-5H3,(H,22,26)/t16-,17-/m0/s1. The number of alkyl carbamates (subject to hydrolysis) is 1. The molecule has 154 valence electrons. The number of carbonyl (C=O) groups excluding carboxylic acids is 3. The van der Waals surface area contributed by atoms with Crippen molar-refractivity contribution in [2.24, 2.45) is 5.92 Å². The van der Waals surface area contributed by atoms with Crippen molar-refractivity contribution < 1.29 is 23.9 Å². The first-order valence-electron chi connectivity index (χ1n) is 9.59. The van der Waals surface area contributed by atoms with Crippen LogP contribution in [0.1, 0.15) is 46.6 Å². The number of benzene rings is 1. The van der Waals surface area contributed by atoms with E-state index in [1.54, 1.807) is 20.8 Å². The number of carbonyl (C=O) groups is 3. The fraction of sp³-hybridized carbons (Fsp3) is 0.571. The molecule has 1 aliphatic rings. The minimum Gasteiger partial charge on any atom is -0.459 e. The molecule has 2 rings (SSSR count). The molecule has 1 N–H and O–H groups in total. The van der Waals surface area contributed by atoms with Crippen LogP contribution in [0.15, 0.2) is 30.3 Å². The molecule has 2 atom stereocenters. The number of amides is 2. The molecule has 0 spiro atoms. The predicted octanol–water partition coefficient (Wildman–Crippen LogP) is 2.88. The lowest BCUT2D eigenvalue weighted by atomic mass is 10.0. The normalized spacial score (nSPS) is 18.1. The maximum atomic E-state index is 12.8. The Labute approximate surface area is 166 Å². The molecule has 0 aliphatic carbocycles. The fourth-order valence-corrected chi connectivity index (χ4v) is 3.14. The summed E-state index contributed by atoms with van der Waals surface area (Å²) in [6.07, 6.45) is -0.215. The SMILES string of the molecule is CC(C)[C@@H](C(=O)OCc1ccccc1)N1CC[C@H](NC(=O)OC(C)(C)C)C1=O. The summed E-state index contributed by atoms with van der Waals surface area (Å²) in [5.74, 6) is -0.848. The van der Waals surface area contributed by atoms with E-state index in [0.29, 0.717) is 13.0 Å². The second kappa shape index (κ2) is 9.08. The smallest absolute Gasteiger partial charge is 0.408 e. The van der Waals surface area contributed by atoms with Gasteiger partial charge in [-0.1, -0.05) is 44.2 Å². The molecule has 0 radical (unpaired) electrons. The molecule has 0 aromatic heterocycles. The summed E-state index contributed by atoms with van der Waals surface area (Å²) in [5.41, 5.74) is 0.239. The molecule has 7 heteroatoms. The zero-order valence-corrected chi connectivity index (χ0v) is 17.2. The van der Waals surface area contributed by atoms with Crippen LogP contribution in [0.3, 0.4) is 0 Å². The van der Waals surface area contributed by atoms with Gasteiger partial charge in [-0.05, 0) is 38.7 Å². The first-order chi connectivity index (χ1) is 13.1. The fourth-order valence-electron chi connectivity index (χ4n) is 3.14. The average Bonchev–Trinajstić information content (AvgIpc) is 2.93. The molecule has 1 aromatic rings. The quantitative estimate of drug-likeness (QED) is 0.755. The van der Waals surface area contributed by atoms with E-state index in [0.717, 1.165) is 5.56 Å². The summed E-state index contributed by atoms with van der Waals surface area (Å²) in [6, 6.07) is 8.00. The van der Waals surface area contributed by atoms with E-state index >= 15 is 0 Å². The van der Waals surface area contributed by atoms with Crippen molar-refractivity contribution in [3.8, 4) is 0 Å². The van der Waals surface area contributed by atoms with Crippen LogP contribution in [0, 0.1) is 5.92 Å². The van der Waals surface area contributed by atoms with E-state index in [-0.39, 0.29) is 18.4 Å². The van der Waals surface area contributed by atoms with Crippen molar-refractivity contribution in [1.29, 1.82) is 0 Å². The monoisotopic (exact) mass is 390 g/mol. The zero-order valence-electron chi connectivity index (χ0n) is 17.2. The zero-order chi connectivity index (χ0) is 20.9. The van der Waals surface area contributed by atoms with Gasteiger partial charge in [0.25, 0.3) is 0 Å². The third kappa shape index (κ3) is 5.97. The van der Waals surface area contributed by atoms with Gasteiger partial charge in [0.2, 0.25) is 5.91 Å². The highest BCUT2D eigenvalue weighted by molar-refractivity contribution is 5.91. The summed E-state index contributed by atoms with van der Waals surface area (Å²) in [7, 11) is 0. The van der Waals surface area contributed by atoms with E-state index in [9.17, 15) is 14.4 Å². The summed E-state index contributed by atoms with van der Waals surface area (Å²) >= 11 is 0. The van der Waals surface area contributed by atoms with Gasteiger partial charge in [-0.3, -0.25) is 4.79 Å². The van der Waals surface area contributed by atoms with Crippen LogP contribution in [0.4, 0.5) is 4.79 Å². The summed E-state index contributed by atoms with van der Waals surface area (Å²) < 4.78 is 10.7. The average molecular weight is 390 g/mol. The Hall–Kier alpha value is -2.57. The van der Waals surface area contributed by atoms with Gasteiger partial charge < -0.3 is 19.7 Å².